The van der Waals surface area contributed by atoms with Gasteiger partial charge in [0, 0.05) is 18.7 Å². The first-order valence-electron chi connectivity index (χ1n) is 13.8. The van der Waals surface area contributed by atoms with E-state index >= 15 is 0 Å². The van der Waals surface area contributed by atoms with E-state index in [1.807, 2.05) is 44.2 Å². The van der Waals surface area contributed by atoms with Crippen LogP contribution >= 0.6 is 33.9 Å². The van der Waals surface area contributed by atoms with Crippen LogP contribution in [0.1, 0.15) is 44.9 Å². The van der Waals surface area contributed by atoms with Gasteiger partial charge >= 0.3 is 5.97 Å². The fourth-order valence-electron chi connectivity index (χ4n) is 4.91. The molecular formula is C31H34IN3O7S. The van der Waals surface area contributed by atoms with Gasteiger partial charge in [-0.1, -0.05) is 29.5 Å². The second-order valence-electron chi connectivity index (χ2n) is 9.43. The highest BCUT2D eigenvalue weighted by atomic mass is 127. The number of halogens is 1. The van der Waals surface area contributed by atoms with Crippen molar-refractivity contribution in [3.8, 4) is 17.2 Å². The molecule has 1 aliphatic heterocycles. The van der Waals surface area contributed by atoms with Crippen LogP contribution in [0, 0.1) is 3.57 Å². The number of hydrogen-bond acceptors (Lipinski definition) is 9. The third-order valence-electron chi connectivity index (χ3n) is 6.93. The van der Waals surface area contributed by atoms with Gasteiger partial charge in [0.25, 0.3) is 11.5 Å². The Morgan fingerprint density at radius 3 is 2.44 bits per heavy atom. The van der Waals surface area contributed by atoms with Crippen molar-refractivity contribution in [2.75, 3.05) is 40.5 Å². The summed E-state index contributed by atoms with van der Waals surface area (Å²) in [6.07, 6.45) is 1.76. The van der Waals surface area contributed by atoms with Gasteiger partial charge in [-0.25, -0.2) is 9.79 Å². The lowest BCUT2D eigenvalue weighted by atomic mass is 9.94. The summed E-state index contributed by atoms with van der Waals surface area (Å²) in [7, 11) is 3.07. The molecule has 0 radical (unpaired) electrons. The van der Waals surface area contributed by atoms with E-state index in [-0.39, 0.29) is 24.7 Å². The molecule has 1 aromatic heterocycles. The predicted octanol–water partition coefficient (Wildman–Crippen LogP) is 3.67. The van der Waals surface area contributed by atoms with Gasteiger partial charge in [-0.3, -0.25) is 14.2 Å². The van der Waals surface area contributed by atoms with Crippen molar-refractivity contribution < 1.29 is 28.5 Å². The third kappa shape index (κ3) is 6.64. The monoisotopic (exact) mass is 719 g/mol. The van der Waals surface area contributed by atoms with Crippen LogP contribution in [0.4, 0.5) is 0 Å². The Balaban J connectivity index is 1.87. The Bertz CT molecular complexity index is 1740. The summed E-state index contributed by atoms with van der Waals surface area (Å²) in [6, 6.07) is 10.2. The van der Waals surface area contributed by atoms with Gasteiger partial charge < -0.3 is 23.8 Å². The fraction of sp³-hybridized carbons (Fsp3) is 0.355. The molecule has 3 aromatic rings. The summed E-state index contributed by atoms with van der Waals surface area (Å²) in [5.74, 6) is 0.726. The summed E-state index contributed by atoms with van der Waals surface area (Å²) in [4.78, 5) is 46.7. The number of ether oxygens (including phenoxy) is 4. The lowest BCUT2D eigenvalue weighted by molar-refractivity contribution is -0.145. The van der Waals surface area contributed by atoms with E-state index in [4.69, 9.17) is 23.9 Å². The Labute approximate surface area is 267 Å². The van der Waals surface area contributed by atoms with Gasteiger partial charge in [-0.05, 0) is 80.1 Å². The number of benzene rings is 2. The second-order valence-corrected chi connectivity index (χ2v) is 11.6. The number of methoxy groups -OCH3 is 2. The first-order chi connectivity index (χ1) is 20.7. The average molecular weight is 720 g/mol. The summed E-state index contributed by atoms with van der Waals surface area (Å²) in [5, 5.41) is 0. The zero-order chi connectivity index (χ0) is 31.3. The van der Waals surface area contributed by atoms with Crippen molar-refractivity contribution in [3.05, 3.63) is 82.1 Å². The lowest BCUT2D eigenvalue weighted by Gasteiger charge is -2.29. The highest BCUT2D eigenvalue weighted by Crippen LogP contribution is 2.36. The molecule has 0 fully saturated rings. The van der Waals surface area contributed by atoms with Gasteiger partial charge in [-0.15, -0.1) is 0 Å². The molecule has 0 N–H and O–H groups in total. The van der Waals surface area contributed by atoms with Gasteiger partial charge in [0.1, 0.15) is 11.8 Å². The van der Waals surface area contributed by atoms with E-state index in [9.17, 15) is 14.4 Å². The van der Waals surface area contributed by atoms with Crippen LogP contribution in [-0.4, -0.2) is 61.9 Å². The molecule has 1 aliphatic rings. The van der Waals surface area contributed by atoms with Crippen molar-refractivity contribution in [1.82, 2.24) is 9.47 Å². The number of rotatable bonds is 11. The number of fused-ring (bicyclic) bond motifs is 1. The minimum Gasteiger partial charge on any atom is -0.496 e. The smallest absolute Gasteiger partial charge is 0.344 e. The molecule has 0 aliphatic carbocycles. The van der Waals surface area contributed by atoms with E-state index in [1.165, 1.54) is 18.4 Å². The number of amides is 1. The van der Waals surface area contributed by atoms with Gasteiger partial charge in [0.2, 0.25) is 0 Å². The maximum atomic E-state index is 14.1. The molecule has 0 spiro atoms. The quantitative estimate of drug-likeness (QED) is 0.220. The van der Waals surface area contributed by atoms with E-state index in [1.54, 1.807) is 42.6 Å². The number of carbonyl (C=O) groups excluding carboxylic acids is 2. The minimum atomic E-state index is -0.726. The Morgan fingerprint density at radius 2 is 1.79 bits per heavy atom. The van der Waals surface area contributed by atoms with Crippen molar-refractivity contribution >= 4 is 51.9 Å². The fourth-order valence-corrected chi connectivity index (χ4v) is 6.74. The SMILES string of the molecule is CCOC(=O)COc1c(I)cc(/C=c2/sc3n(c2=O)[C@@H](c2ccccc2OC)C(C(=O)N(CC)CC)=C(C)N=3)cc1OC. The molecule has 2 aromatic carbocycles. The minimum absolute atomic E-state index is 0.172. The lowest BCUT2D eigenvalue weighted by Crippen LogP contribution is -2.43. The molecule has 2 heterocycles. The zero-order valence-electron chi connectivity index (χ0n) is 24.9. The molecule has 1 atom stereocenters. The van der Waals surface area contributed by atoms with E-state index < -0.39 is 12.0 Å². The number of aromatic nitrogens is 1. The average Bonchev–Trinajstić information content (AvgIpc) is 3.29. The van der Waals surface area contributed by atoms with Crippen LogP contribution < -0.4 is 29.1 Å². The second kappa shape index (κ2) is 14.2. The maximum Gasteiger partial charge on any atom is 0.344 e. The maximum absolute atomic E-state index is 14.1. The van der Waals surface area contributed by atoms with Crippen LogP contribution in [-0.2, 0) is 14.3 Å². The number of carbonyl (C=O) groups is 2. The van der Waals surface area contributed by atoms with Crippen molar-refractivity contribution in [3.63, 3.8) is 0 Å². The van der Waals surface area contributed by atoms with E-state index in [2.05, 4.69) is 22.6 Å². The summed E-state index contributed by atoms with van der Waals surface area (Å²) >= 11 is 3.34. The summed E-state index contributed by atoms with van der Waals surface area (Å²) in [6.45, 7) is 8.43. The molecule has 228 valence electrons. The molecule has 43 heavy (non-hydrogen) atoms. The molecule has 12 heteroatoms. The number of hydrogen-bond donors (Lipinski definition) is 0. The van der Waals surface area contributed by atoms with Crippen molar-refractivity contribution in [1.29, 1.82) is 0 Å². The Kier molecular flexibility index (Phi) is 10.7. The van der Waals surface area contributed by atoms with Crippen molar-refractivity contribution in [2.24, 2.45) is 4.99 Å². The molecule has 10 nitrogen and oxygen atoms in total. The Morgan fingerprint density at radius 1 is 1.09 bits per heavy atom. The highest BCUT2D eigenvalue weighted by Gasteiger charge is 2.35. The normalized spacial score (nSPS) is 14.6. The zero-order valence-corrected chi connectivity index (χ0v) is 27.9. The van der Waals surface area contributed by atoms with E-state index in [0.29, 0.717) is 65.6 Å². The van der Waals surface area contributed by atoms with Gasteiger partial charge in [0.05, 0.1) is 40.2 Å². The first kappa shape index (κ1) is 32.3. The summed E-state index contributed by atoms with van der Waals surface area (Å²) in [5.41, 5.74) is 2.10. The molecule has 0 bridgehead atoms. The van der Waals surface area contributed by atoms with Crippen molar-refractivity contribution in [2.45, 2.75) is 33.7 Å². The van der Waals surface area contributed by atoms with Crippen LogP contribution in [0.5, 0.6) is 17.2 Å². The van der Waals surface area contributed by atoms with Gasteiger partial charge in [-0.2, -0.15) is 0 Å². The third-order valence-corrected chi connectivity index (χ3v) is 8.71. The number of para-hydroxylation sites is 1. The van der Waals surface area contributed by atoms with Crippen LogP contribution in [0.3, 0.4) is 0 Å². The highest BCUT2D eigenvalue weighted by molar-refractivity contribution is 14.1. The van der Waals surface area contributed by atoms with Crippen LogP contribution in [0.2, 0.25) is 0 Å². The first-order valence-corrected chi connectivity index (χ1v) is 15.7. The topological polar surface area (TPSA) is 109 Å². The molecule has 1 amide bonds. The number of thiazole rings is 1. The molecule has 0 saturated heterocycles. The van der Waals surface area contributed by atoms with Crippen LogP contribution in [0.25, 0.3) is 6.08 Å². The molecule has 0 unspecified atom stereocenters. The van der Waals surface area contributed by atoms with Gasteiger partial charge in [0.15, 0.2) is 22.9 Å². The Hall–Kier alpha value is -3.65. The standard InChI is InChI=1S/C31H34IN3O7S/c1-7-34(8-2)30(38)26-18(4)33-31-35(27(26)20-12-10-11-13-22(20)39-5)29(37)24(43-31)16-19-14-21(32)28(23(15-19)40-6)42-17-25(36)41-9-3/h10-16,27H,7-9,17H2,1-6H3/b24-16+/t27-/m0/s1. The molecular weight excluding hydrogens is 685 g/mol. The van der Waals surface area contributed by atoms with Crippen LogP contribution in [0.15, 0.2) is 57.5 Å². The largest absolute Gasteiger partial charge is 0.496 e. The number of nitrogens with zero attached hydrogens (tertiary/aromatic N) is 3. The summed E-state index contributed by atoms with van der Waals surface area (Å²) < 4.78 is 24.6. The molecule has 0 saturated carbocycles. The van der Waals surface area contributed by atoms with E-state index in [0.717, 1.165) is 0 Å². The number of allylic oxidation sites excluding steroid dienone is 1. The predicted molar refractivity (Wildman–Crippen MR) is 173 cm³/mol. The number of likely N-dealkylation sites (N-methyl/N-ethyl adjacent to an activating group) is 1. The molecule has 4 rings (SSSR count). The number of esters is 1.